The van der Waals surface area contributed by atoms with E-state index in [9.17, 15) is 0 Å². The Morgan fingerprint density at radius 2 is 0.491 bits per heavy atom. The summed E-state index contributed by atoms with van der Waals surface area (Å²) >= 11 is 0. The molecule has 0 amide bonds. The van der Waals surface area contributed by atoms with Crippen molar-refractivity contribution >= 4 is 109 Å². The number of rotatable bonds is 9. The van der Waals surface area contributed by atoms with Crippen LogP contribution in [0.5, 0.6) is 0 Å². The molecule has 492 valence electrons. The van der Waals surface area contributed by atoms with Crippen molar-refractivity contribution < 1.29 is 0 Å². The molecule has 0 unspecified atom stereocenters. The predicted octanol–water partition coefficient (Wildman–Crippen LogP) is 23.9. The van der Waals surface area contributed by atoms with Crippen molar-refractivity contribution in [2.45, 2.75) is 0 Å². The molecule has 10 nitrogen and oxygen atoms in total. The van der Waals surface area contributed by atoms with Crippen LogP contribution in [-0.2, 0) is 0 Å². The Balaban J connectivity index is 0.000000141. The van der Waals surface area contributed by atoms with Gasteiger partial charge in [-0.3, -0.25) is 19.9 Å². The summed E-state index contributed by atoms with van der Waals surface area (Å²) in [5.74, 6) is 0. The highest BCUT2D eigenvalue weighted by atomic mass is 14.8. The normalized spacial score (nSPS) is 11.6. The maximum Gasteiger partial charge on any atom is 0.0972 e. The van der Waals surface area contributed by atoms with Crippen LogP contribution in [0.3, 0.4) is 0 Å². The molecule has 0 N–H and O–H groups in total. The van der Waals surface area contributed by atoms with Crippen molar-refractivity contribution in [3.05, 3.63) is 352 Å². The first kappa shape index (κ1) is 61.4. The zero-order chi connectivity index (χ0) is 70.0. The minimum atomic E-state index is 0.904. The second kappa shape index (κ2) is 25.8. The molecule has 0 atom stereocenters. The number of pyridine rings is 10. The third-order valence-corrected chi connectivity index (χ3v) is 20.3. The Hall–Kier alpha value is -14.5. The van der Waals surface area contributed by atoms with E-state index < -0.39 is 0 Å². The van der Waals surface area contributed by atoms with Crippen LogP contribution < -0.4 is 0 Å². The van der Waals surface area contributed by atoms with E-state index in [2.05, 4.69) is 275 Å². The molecule has 21 aromatic rings. The van der Waals surface area contributed by atoms with E-state index in [0.29, 0.717) is 0 Å². The summed E-state index contributed by atoms with van der Waals surface area (Å²) in [5.41, 5.74) is 28.4. The largest absolute Gasteiger partial charge is 0.256 e. The van der Waals surface area contributed by atoms with Crippen molar-refractivity contribution in [3.8, 4) is 101 Å². The number of hydrogen-bond acceptors (Lipinski definition) is 10. The summed E-state index contributed by atoms with van der Waals surface area (Å²) in [6.07, 6.45) is 7.40. The summed E-state index contributed by atoms with van der Waals surface area (Å²) in [6, 6.07) is 114. The molecular weight excluding hydrogens is 1290 g/mol. The van der Waals surface area contributed by atoms with Gasteiger partial charge < -0.3 is 0 Å². The lowest BCUT2D eigenvalue weighted by Gasteiger charge is -2.10. The molecule has 10 aromatic heterocycles. The van der Waals surface area contributed by atoms with Crippen LogP contribution in [0.15, 0.2) is 352 Å². The third kappa shape index (κ3) is 11.4. The minimum Gasteiger partial charge on any atom is -0.256 e. The van der Waals surface area contributed by atoms with Gasteiger partial charge >= 0.3 is 0 Å². The fourth-order valence-electron chi connectivity index (χ4n) is 14.8. The van der Waals surface area contributed by atoms with Crippen LogP contribution in [-0.4, -0.2) is 49.8 Å². The van der Waals surface area contributed by atoms with Gasteiger partial charge in [0, 0.05) is 112 Å². The highest BCUT2D eigenvalue weighted by Gasteiger charge is 2.16. The average Bonchev–Trinajstić information content (AvgIpc) is 0.778. The zero-order valence-corrected chi connectivity index (χ0v) is 57.0. The van der Waals surface area contributed by atoms with Crippen molar-refractivity contribution in [2.24, 2.45) is 0 Å². The van der Waals surface area contributed by atoms with E-state index in [4.69, 9.17) is 29.9 Å². The Morgan fingerprint density at radius 1 is 0.151 bits per heavy atom. The molecule has 0 aliphatic heterocycles. The van der Waals surface area contributed by atoms with E-state index in [0.717, 1.165) is 210 Å². The maximum absolute atomic E-state index is 5.14. The lowest BCUT2D eigenvalue weighted by molar-refractivity contribution is 1.36. The average molecular weight is 1350 g/mol. The van der Waals surface area contributed by atoms with Crippen molar-refractivity contribution in [2.75, 3.05) is 0 Å². The Bertz CT molecular complexity index is 7080. The number of fused-ring (bicyclic) bond motifs is 12. The Morgan fingerprint density at radius 3 is 0.972 bits per heavy atom. The van der Waals surface area contributed by atoms with Gasteiger partial charge in [0.1, 0.15) is 0 Å². The van der Waals surface area contributed by atoms with E-state index >= 15 is 0 Å². The molecule has 0 radical (unpaired) electrons. The van der Waals surface area contributed by atoms with Crippen molar-refractivity contribution in [1.29, 1.82) is 0 Å². The van der Waals surface area contributed by atoms with E-state index in [1.165, 1.54) is 0 Å². The highest BCUT2D eigenvalue weighted by molar-refractivity contribution is 6.09. The third-order valence-electron chi connectivity index (χ3n) is 20.3. The standard InChI is InChI=1S/C51H31N5.C45H27N5/c1-2-6-32(7-3-1)44-22-16-35-14-15-36-17-23-45(56-51(36)50(35)55-44)34-12-10-33(11-13-34)43-26-20-39-30-37(18-24-46(39)53-43)38-19-25-47-40(31-38)21-27-49(54-47)42-28-29-52-48-9-5-4-8-41(42)48;1-2-6-42-36(5-1)37(22-24-46-42)43-20-15-34-27-32(13-18-41(34)50-43)31-12-17-40-33(26-31)14-19-39(49-40)29-9-7-28(8-10-29)35-21-25-48-45-38(35)16-11-30-4-3-23-47-44(30)45/h1-31H;1-27H. The highest BCUT2D eigenvalue weighted by Crippen LogP contribution is 2.38. The first-order chi connectivity index (χ1) is 52.4. The zero-order valence-electron chi connectivity index (χ0n) is 57.0. The second-order valence-corrected chi connectivity index (χ2v) is 26.7. The number of para-hydroxylation sites is 2. The predicted molar refractivity (Wildman–Crippen MR) is 435 cm³/mol. The summed E-state index contributed by atoms with van der Waals surface area (Å²) < 4.78 is 0. The molecule has 21 rings (SSSR count). The smallest absolute Gasteiger partial charge is 0.0972 e. The second-order valence-electron chi connectivity index (χ2n) is 26.7. The fourth-order valence-corrected chi connectivity index (χ4v) is 14.8. The molecule has 0 spiro atoms. The van der Waals surface area contributed by atoms with Gasteiger partial charge in [0.05, 0.1) is 89.3 Å². The van der Waals surface area contributed by atoms with Gasteiger partial charge in [-0.15, -0.1) is 0 Å². The van der Waals surface area contributed by atoms with Gasteiger partial charge in [-0.2, -0.15) is 0 Å². The van der Waals surface area contributed by atoms with Crippen molar-refractivity contribution in [3.63, 3.8) is 0 Å². The van der Waals surface area contributed by atoms with Crippen LogP contribution in [0, 0.1) is 0 Å². The van der Waals surface area contributed by atoms with Crippen LogP contribution in [0.25, 0.3) is 210 Å². The first-order valence-corrected chi connectivity index (χ1v) is 35.4. The van der Waals surface area contributed by atoms with Crippen molar-refractivity contribution in [1.82, 2.24) is 49.8 Å². The number of benzene rings is 11. The summed E-state index contributed by atoms with van der Waals surface area (Å²) in [5, 5.41) is 10.9. The fraction of sp³-hybridized carbons (Fsp3) is 0. The lowest BCUT2D eigenvalue weighted by atomic mass is 9.98. The molecule has 0 saturated carbocycles. The maximum atomic E-state index is 5.14. The Kier molecular flexibility index (Phi) is 15.0. The minimum absolute atomic E-state index is 0.904. The summed E-state index contributed by atoms with van der Waals surface area (Å²) in [7, 11) is 0. The van der Waals surface area contributed by atoms with E-state index in [1.54, 1.807) is 0 Å². The van der Waals surface area contributed by atoms with Gasteiger partial charge in [0.2, 0.25) is 0 Å². The SMILES string of the molecule is c1ccc(-c2ccc3ccc4ccc(-c5ccc(-c6ccc7cc(-c8ccc9nc(-c%10ccnc%11ccccc%10%11)ccc9c8)ccc7n6)cc5)nc4c3n2)cc1.c1cnc2c(c1)ccc1c(-c3ccc(-c4ccc5cc(-c6ccc7nc(-c8ccnc9ccccc89)ccc7c6)ccc5n4)cc3)ccnc12. The molecule has 0 bridgehead atoms. The van der Waals surface area contributed by atoms with E-state index in [1.807, 2.05) is 97.6 Å². The number of aromatic nitrogens is 10. The van der Waals surface area contributed by atoms with Crippen LogP contribution in [0.1, 0.15) is 0 Å². The lowest BCUT2D eigenvalue weighted by Crippen LogP contribution is -1.91. The molecule has 106 heavy (non-hydrogen) atoms. The van der Waals surface area contributed by atoms with Crippen LogP contribution in [0.4, 0.5) is 0 Å². The van der Waals surface area contributed by atoms with Gasteiger partial charge in [0.15, 0.2) is 0 Å². The molecule has 10 heterocycles. The quantitative estimate of drug-likeness (QED) is 0.129. The summed E-state index contributed by atoms with van der Waals surface area (Å²) in [6.45, 7) is 0. The molecular formula is C96H58N10. The van der Waals surface area contributed by atoms with E-state index in [-0.39, 0.29) is 0 Å². The topological polar surface area (TPSA) is 129 Å². The molecule has 0 fully saturated rings. The van der Waals surface area contributed by atoms with Crippen LogP contribution in [0.2, 0.25) is 0 Å². The van der Waals surface area contributed by atoms with Gasteiger partial charge in [-0.1, -0.05) is 206 Å². The molecule has 0 saturated heterocycles. The molecule has 0 aliphatic carbocycles. The summed E-state index contributed by atoms with van der Waals surface area (Å²) in [4.78, 5) is 48.7. The monoisotopic (exact) mass is 1350 g/mol. The molecule has 10 heteroatoms. The number of hydrogen-bond donors (Lipinski definition) is 0. The van der Waals surface area contributed by atoms with Gasteiger partial charge in [0.25, 0.3) is 0 Å². The van der Waals surface area contributed by atoms with Gasteiger partial charge in [-0.05, 0) is 155 Å². The van der Waals surface area contributed by atoms with Crippen LogP contribution >= 0.6 is 0 Å². The number of nitrogens with zero attached hydrogens (tertiary/aromatic N) is 10. The van der Waals surface area contributed by atoms with Gasteiger partial charge in [-0.25, -0.2) is 29.9 Å². The first-order valence-electron chi connectivity index (χ1n) is 35.4. The molecule has 0 aliphatic rings. The Labute approximate surface area is 608 Å². The molecule has 11 aromatic carbocycles.